The highest BCUT2D eigenvalue weighted by Gasteiger charge is 2.52. The summed E-state index contributed by atoms with van der Waals surface area (Å²) in [4.78, 5) is 17.8. The molecule has 2 aliphatic rings. The monoisotopic (exact) mass is 536 g/mol. The molecule has 5 heteroatoms. The molecule has 4 aromatic carbocycles. The van der Waals surface area contributed by atoms with Crippen LogP contribution in [0.25, 0.3) is 42.9 Å². The molecular formula is C35H28N4S. The predicted octanol–water partition coefficient (Wildman–Crippen LogP) is 9.16. The molecule has 4 nitrogen and oxygen atoms in total. The minimum Gasteiger partial charge on any atom is -0.299 e. The van der Waals surface area contributed by atoms with Crippen LogP contribution in [0.1, 0.15) is 31.7 Å². The van der Waals surface area contributed by atoms with Gasteiger partial charge in [-0.15, -0.1) is 11.3 Å². The summed E-state index contributed by atoms with van der Waals surface area (Å²) in [6, 6.07) is 33.9. The molecule has 0 spiro atoms. The van der Waals surface area contributed by atoms with Crippen molar-refractivity contribution in [3.8, 4) is 22.8 Å². The lowest BCUT2D eigenvalue weighted by Crippen LogP contribution is -2.46. The fraction of sp³-hybridized carbons (Fsp3) is 0.171. The van der Waals surface area contributed by atoms with E-state index in [-0.39, 0.29) is 5.54 Å². The lowest BCUT2D eigenvalue weighted by Gasteiger charge is -2.42. The summed E-state index contributed by atoms with van der Waals surface area (Å²) < 4.78 is 2.61. The van der Waals surface area contributed by atoms with Crippen molar-refractivity contribution in [1.82, 2.24) is 15.0 Å². The largest absolute Gasteiger partial charge is 0.299 e. The molecule has 2 aromatic heterocycles. The van der Waals surface area contributed by atoms with E-state index in [4.69, 9.17) is 15.0 Å². The van der Waals surface area contributed by atoms with E-state index in [1.165, 1.54) is 31.4 Å². The first kappa shape index (κ1) is 23.5. The van der Waals surface area contributed by atoms with Gasteiger partial charge in [0.1, 0.15) is 0 Å². The molecule has 40 heavy (non-hydrogen) atoms. The third-order valence-electron chi connectivity index (χ3n) is 8.64. The Morgan fingerprint density at radius 1 is 0.750 bits per heavy atom. The van der Waals surface area contributed by atoms with Crippen LogP contribution in [0, 0.1) is 5.92 Å². The average molecular weight is 537 g/mol. The highest BCUT2D eigenvalue weighted by molar-refractivity contribution is 7.26. The molecule has 0 N–H and O–H groups in total. The van der Waals surface area contributed by atoms with Gasteiger partial charge in [0.05, 0.1) is 15.9 Å². The maximum Gasteiger partial charge on any atom is 0.234 e. The van der Waals surface area contributed by atoms with Crippen molar-refractivity contribution in [3.63, 3.8) is 0 Å². The highest BCUT2D eigenvalue weighted by Crippen LogP contribution is 2.60. The Morgan fingerprint density at radius 3 is 2.10 bits per heavy atom. The van der Waals surface area contributed by atoms with E-state index >= 15 is 0 Å². The van der Waals surface area contributed by atoms with E-state index in [0.717, 1.165) is 17.5 Å². The number of benzene rings is 4. The number of hydrogen-bond donors (Lipinski definition) is 0. The van der Waals surface area contributed by atoms with Crippen LogP contribution >= 0.6 is 11.3 Å². The molecular weight excluding hydrogens is 508 g/mol. The first-order valence-electron chi connectivity index (χ1n) is 13.9. The minimum absolute atomic E-state index is 0.298. The van der Waals surface area contributed by atoms with E-state index in [2.05, 4.69) is 91.6 Å². The first-order chi connectivity index (χ1) is 19.6. The zero-order chi connectivity index (χ0) is 26.8. The SMILES string of the molecule is CC1CC=CC2(C)C1c1ccc3c(sc4ccccc43)c1N2c1nc(-c2ccccc2)nc(-c2ccccc2)n1. The Kier molecular flexibility index (Phi) is 5.20. The smallest absolute Gasteiger partial charge is 0.234 e. The third kappa shape index (κ3) is 3.40. The van der Waals surface area contributed by atoms with Crippen LogP contribution in [-0.2, 0) is 0 Å². The Hall–Kier alpha value is -4.35. The number of rotatable bonds is 3. The van der Waals surface area contributed by atoms with Crippen LogP contribution in [0.5, 0.6) is 0 Å². The van der Waals surface area contributed by atoms with Crippen molar-refractivity contribution in [2.75, 3.05) is 4.90 Å². The zero-order valence-electron chi connectivity index (χ0n) is 22.5. The van der Waals surface area contributed by atoms with Crippen molar-refractivity contribution >= 4 is 43.1 Å². The predicted molar refractivity (Wildman–Crippen MR) is 166 cm³/mol. The molecule has 3 heterocycles. The Labute approximate surface area is 237 Å². The van der Waals surface area contributed by atoms with Crippen LogP contribution in [0.15, 0.2) is 109 Å². The Morgan fingerprint density at radius 2 is 1.40 bits per heavy atom. The number of hydrogen-bond acceptors (Lipinski definition) is 5. The molecule has 1 aliphatic carbocycles. The van der Waals surface area contributed by atoms with Crippen LogP contribution in [0.2, 0.25) is 0 Å². The number of anilines is 2. The summed E-state index contributed by atoms with van der Waals surface area (Å²) in [5.74, 6) is 2.90. The van der Waals surface area contributed by atoms with Crippen LogP contribution < -0.4 is 4.90 Å². The van der Waals surface area contributed by atoms with Gasteiger partial charge < -0.3 is 0 Å². The lowest BCUT2D eigenvalue weighted by molar-refractivity contribution is 0.345. The van der Waals surface area contributed by atoms with Crippen molar-refractivity contribution in [1.29, 1.82) is 0 Å². The van der Waals surface area contributed by atoms with Crippen molar-refractivity contribution in [2.45, 2.75) is 31.7 Å². The second-order valence-corrected chi connectivity index (χ2v) is 12.2. The van der Waals surface area contributed by atoms with Crippen molar-refractivity contribution < 1.29 is 0 Å². The summed E-state index contributed by atoms with van der Waals surface area (Å²) in [6.45, 7) is 4.74. The number of aromatic nitrogens is 3. The summed E-state index contributed by atoms with van der Waals surface area (Å²) in [7, 11) is 0. The van der Waals surface area contributed by atoms with Gasteiger partial charge in [0.25, 0.3) is 0 Å². The first-order valence-corrected chi connectivity index (χ1v) is 14.7. The maximum absolute atomic E-state index is 5.21. The summed E-state index contributed by atoms with van der Waals surface area (Å²) >= 11 is 1.88. The zero-order valence-corrected chi connectivity index (χ0v) is 23.3. The van der Waals surface area contributed by atoms with Gasteiger partial charge in [-0.05, 0) is 30.9 Å². The standard InChI is InChI=1S/C35H28N4S/c1-22-12-11-21-35(2)29(22)27-20-19-26-25-17-9-10-18-28(25)40-31(26)30(27)39(35)34-37-32(23-13-5-3-6-14-23)36-33(38-34)24-15-7-4-8-16-24/h3-11,13-22,29H,12H2,1-2H3. The van der Waals surface area contributed by atoms with Gasteiger partial charge >= 0.3 is 0 Å². The molecule has 0 bridgehead atoms. The number of allylic oxidation sites excluding steroid dienone is 1. The van der Waals surface area contributed by atoms with E-state index in [9.17, 15) is 0 Å². The summed E-state index contributed by atoms with van der Waals surface area (Å²) in [5.41, 5.74) is 4.30. The van der Waals surface area contributed by atoms with Gasteiger partial charge in [-0.3, -0.25) is 4.90 Å². The molecule has 0 radical (unpaired) electrons. The van der Waals surface area contributed by atoms with Gasteiger partial charge in [-0.2, -0.15) is 9.97 Å². The molecule has 6 aromatic rings. The number of thiophene rings is 1. The highest BCUT2D eigenvalue weighted by atomic mass is 32.1. The molecule has 3 unspecified atom stereocenters. The van der Waals surface area contributed by atoms with Gasteiger partial charge in [-0.1, -0.05) is 110 Å². The maximum atomic E-state index is 5.21. The normalized spacial score (nSPS) is 21.6. The van der Waals surface area contributed by atoms with Crippen molar-refractivity contribution in [2.24, 2.45) is 5.92 Å². The quantitative estimate of drug-likeness (QED) is 0.212. The molecule has 0 saturated heterocycles. The fourth-order valence-corrected chi connectivity index (χ4v) is 8.15. The van der Waals surface area contributed by atoms with E-state index < -0.39 is 0 Å². The molecule has 0 fully saturated rings. The Balaban J connectivity index is 1.45. The van der Waals surface area contributed by atoms with Gasteiger partial charge in [0.2, 0.25) is 5.95 Å². The van der Waals surface area contributed by atoms with Crippen molar-refractivity contribution in [3.05, 3.63) is 115 Å². The topological polar surface area (TPSA) is 41.9 Å². The second-order valence-electron chi connectivity index (χ2n) is 11.1. The third-order valence-corrected chi connectivity index (χ3v) is 9.84. The number of fused-ring (bicyclic) bond motifs is 7. The van der Waals surface area contributed by atoms with Gasteiger partial charge in [0, 0.05) is 32.5 Å². The lowest BCUT2D eigenvalue weighted by atomic mass is 9.71. The van der Waals surface area contributed by atoms with Crippen LogP contribution in [0.4, 0.5) is 11.6 Å². The second kappa shape index (κ2) is 8.83. The average Bonchev–Trinajstić information content (AvgIpc) is 3.51. The molecule has 0 saturated carbocycles. The van der Waals surface area contributed by atoms with Gasteiger partial charge in [-0.25, -0.2) is 4.98 Å². The summed E-state index contributed by atoms with van der Waals surface area (Å²) in [5, 5.41) is 2.60. The minimum atomic E-state index is -0.298. The summed E-state index contributed by atoms with van der Waals surface area (Å²) in [6.07, 6.45) is 5.81. The van der Waals surface area contributed by atoms with E-state index in [1.54, 1.807) is 0 Å². The molecule has 0 amide bonds. The van der Waals surface area contributed by atoms with Gasteiger partial charge in [0.15, 0.2) is 11.6 Å². The van der Waals surface area contributed by atoms with E-state index in [1.807, 2.05) is 47.7 Å². The molecule has 194 valence electrons. The van der Waals surface area contributed by atoms with Crippen LogP contribution in [-0.4, -0.2) is 20.5 Å². The number of nitrogens with zero attached hydrogens (tertiary/aromatic N) is 4. The molecule has 8 rings (SSSR count). The molecule has 3 atom stereocenters. The Bertz CT molecular complexity index is 1870. The van der Waals surface area contributed by atoms with E-state index in [0.29, 0.717) is 29.4 Å². The fourth-order valence-electron chi connectivity index (χ4n) is 6.90. The van der Waals surface area contributed by atoms with Crippen LogP contribution in [0.3, 0.4) is 0 Å². The molecule has 1 aliphatic heterocycles.